The molecule has 0 radical (unpaired) electrons. The fraction of sp³-hybridized carbons (Fsp3) is 0.571. The Kier molecular flexibility index (Phi) is 4.04. The molecular weight excluding hydrogens is 271 g/mol. The van der Waals surface area contributed by atoms with Gasteiger partial charge >= 0.3 is 5.51 Å². The van der Waals surface area contributed by atoms with Crippen LogP contribution < -0.4 is 5.32 Å². The van der Waals surface area contributed by atoms with Crippen LogP contribution in [0.3, 0.4) is 0 Å². The van der Waals surface area contributed by atoms with Crippen LogP contribution in [-0.4, -0.2) is 11.6 Å². The van der Waals surface area contributed by atoms with Crippen LogP contribution in [0.5, 0.6) is 0 Å². The molecule has 2 rings (SSSR count). The van der Waals surface area contributed by atoms with Gasteiger partial charge in [0.05, 0.1) is 0 Å². The molecule has 0 aromatic heterocycles. The number of nitrogens with one attached hydrogen (secondary N) is 1. The zero-order valence-corrected chi connectivity index (χ0v) is 11.9. The van der Waals surface area contributed by atoms with Crippen molar-refractivity contribution in [2.75, 3.05) is 5.32 Å². The molecule has 0 saturated heterocycles. The number of anilines is 1. The largest absolute Gasteiger partial charge is 0.446 e. The van der Waals surface area contributed by atoms with E-state index in [2.05, 4.69) is 19.2 Å². The maximum absolute atomic E-state index is 12.2. The highest BCUT2D eigenvalue weighted by Gasteiger charge is 2.34. The van der Waals surface area contributed by atoms with E-state index in [1.807, 2.05) is 0 Å². The second kappa shape index (κ2) is 5.27. The summed E-state index contributed by atoms with van der Waals surface area (Å²) in [5.74, 6) is 0. The van der Waals surface area contributed by atoms with E-state index in [1.165, 1.54) is 25.0 Å². The highest BCUT2D eigenvalue weighted by atomic mass is 32.2. The van der Waals surface area contributed by atoms with Gasteiger partial charge in [-0.1, -0.05) is 20.3 Å². The third-order valence-electron chi connectivity index (χ3n) is 3.69. The number of thioether (sulfide) groups is 1. The van der Waals surface area contributed by atoms with Gasteiger partial charge < -0.3 is 5.32 Å². The summed E-state index contributed by atoms with van der Waals surface area (Å²) < 4.78 is 36.7. The van der Waals surface area contributed by atoms with Gasteiger partial charge in [-0.2, -0.15) is 13.2 Å². The van der Waals surface area contributed by atoms with E-state index in [1.54, 1.807) is 12.1 Å². The molecule has 1 N–H and O–H groups in total. The number of halogens is 3. The van der Waals surface area contributed by atoms with Crippen LogP contribution in [0.15, 0.2) is 29.2 Å². The van der Waals surface area contributed by atoms with Gasteiger partial charge in [-0.3, -0.25) is 0 Å². The van der Waals surface area contributed by atoms with Crippen LogP contribution in [0.1, 0.15) is 33.1 Å². The first-order chi connectivity index (χ1) is 8.76. The van der Waals surface area contributed by atoms with Crippen LogP contribution in [0.2, 0.25) is 0 Å². The molecule has 1 aromatic rings. The van der Waals surface area contributed by atoms with E-state index in [0.717, 1.165) is 12.1 Å². The molecule has 1 aliphatic carbocycles. The molecule has 1 fully saturated rings. The molecule has 0 amide bonds. The quantitative estimate of drug-likeness (QED) is 0.759. The molecule has 0 aliphatic heterocycles. The minimum Gasteiger partial charge on any atom is -0.382 e. The minimum atomic E-state index is -4.22. The van der Waals surface area contributed by atoms with Crippen molar-refractivity contribution in [3.8, 4) is 0 Å². The van der Waals surface area contributed by atoms with Gasteiger partial charge in [-0.25, -0.2) is 0 Å². The summed E-state index contributed by atoms with van der Waals surface area (Å²) in [6.45, 7) is 4.46. The molecule has 1 unspecified atom stereocenters. The van der Waals surface area contributed by atoms with Crippen molar-refractivity contribution in [3.05, 3.63) is 24.3 Å². The predicted molar refractivity (Wildman–Crippen MR) is 73.4 cm³/mol. The fourth-order valence-electron chi connectivity index (χ4n) is 2.55. The topological polar surface area (TPSA) is 12.0 Å². The molecule has 1 atom stereocenters. The van der Waals surface area contributed by atoms with E-state index in [-0.39, 0.29) is 22.1 Å². The molecule has 0 spiro atoms. The summed E-state index contributed by atoms with van der Waals surface area (Å²) in [5, 5.41) is 3.43. The standard InChI is InChI=1S/C14H18F3NS/c1-13(2)9-3-4-12(13)18-10-5-7-11(8-6-10)19-14(15,16)17/h5-8,12,18H,3-4,9H2,1-2H3. The van der Waals surface area contributed by atoms with Crippen molar-refractivity contribution < 1.29 is 13.2 Å². The Labute approximate surface area is 116 Å². The first-order valence-corrected chi connectivity index (χ1v) is 7.20. The summed E-state index contributed by atoms with van der Waals surface area (Å²) >= 11 is -0.0758. The van der Waals surface area contributed by atoms with E-state index in [9.17, 15) is 13.2 Å². The molecule has 1 saturated carbocycles. The van der Waals surface area contributed by atoms with Gasteiger partial charge in [0.15, 0.2) is 0 Å². The first-order valence-electron chi connectivity index (χ1n) is 6.39. The van der Waals surface area contributed by atoms with Crippen molar-refractivity contribution in [1.29, 1.82) is 0 Å². The monoisotopic (exact) mass is 289 g/mol. The number of rotatable bonds is 3. The second-order valence-electron chi connectivity index (χ2n) is 5.65. The molecule has 0 bridgehead atoms. The van der Waals surface area contributed by atoms with Crippen molar-refractivity contribution in [3.63, 3.8) is 0 Å². The van der Waals surface area contributed by atoms with Gasteiger partial charge in [-0.05, 0) is 54.3 Å². The second-order valence-corrected chi connectivity index (χ2v) is 6.79. The summed E-state index contributed by atoms with van der Waals surface area (Å²) in [6, 6.07) is 6.88. The van der Waals surface area contributed by atoms with E-state index in [4.69, 9.17) is 0 Å². The molecule has 5 heteroatoms. The smallest absolute Gasteiger partial charge is 0.382 e. The Balaban J connectivity index is 1.99. The normalized spacial score (nSPS) is 22.5. The van der Waals surface area contributed by atoms with Crippen molar-refractivity contribution in [1.82, 2.24) is 0 Å². The summed E-state index contributed by atoms with van der Waals surface area (Å²) in [5.41, 5.74) is -3.08. The van der Waals surface area contributed by atoms with E-state index in [0.29, 0.717) is 6.04 Å². The maximum atomic E-state index is 12.2. The highest BCUT2D eigenvalue weighted by Crippen LogP contribution is 2.40. The lowest BCUT2D eigenvalue weighted by molar-refractivity contribution is -0.0328. The zero-order valence-electron chi connectivity index (χ0n) is 11.1. The van der Waals surface area contributed by atoms with Crippen LogP contribution in [0, 0.1) is 5.41 Å². The van der Waals surface area contributed by atoms with Gasteiger partial charge in [0, 0.05) is 16.6 Å². The highest BCUT2D eigenvalue weighted by molar-refractivity contribution is 8.00. The average molecular weight is 289 g/mol. The maximum Gasteiger partial charge on any atom is 0.446 e. The summed E-state index contributed by atoms with van der Waals surface area (Å²) in [4.78, 5) is 0.226. The lowest BCUT2D eigenvalue weighted by Crippen LogP contribution is -2.30. The molecule has 19 heavy (non-hydrogen) atoms. The number of alkyl halides is 3. The fourth-order valence-corrected chi connectivity index (χ4v) is 3.09. The molecule has 1 aromatic carbocycles. The molecule has 0 heterocycles. The van der Waals surface area contributed by atoms with Crippen LogP contribution in [0.25, 0.3) is 0 Å². The Hall–Kier alpha value is -0.840. The van der Waals surface area contributed by atoms with Crippen molar-refractivity contribution in [2.24, 2.45) is 5.41 Å². The van der Waals surface area contributed by atoms with Crippen LogP contribution in [0.4, 0.5) is 18.9 Å². The van der Waals surface area contributed by atoms with Gasteiger partial charge in [-0.15, -0.1) is 0 Å². The Morgan fingerprint density at radius 2 is 1.84 bits per heavy atom. The zero-order chi connectivity index (χ0) is 14.1. The molecule has 1 aliphatic rings. The molecule has 1 nitrogen and oxygen atoms in total. The third-order valence-corrected chi connectivity index (χ3v) is 4.43. The molecular formula is C14H18F3NS. The van der Waals surface area contributed by atoms with E-state index >= 15 is 0 Å². The summed E-state index contributed by atoms with van der Waals surface area (Å²) in [7, 11) is 0. The Morgan fingerprint density at radius 3 is 2.32 bits per heavy atom. The Bertz CT molecular complexity index is 425. The van der Waals surface area contributed by atoms with Crippen LogP contribution >= 0.6 is 11.8 Å². The number of hydrogen-bond acceptors (Lipinski definition) is 2. The number of benzene rings is 1. The van der Waals surface area contributed by atoms with Crippen molar-refractivity contribution in [2.45, 2.75) is 49.6 Å². The van der Waals surface area contributed by atoms with Gasteiger partial charge in [0.25, 0.3) is 0 Å². The average Bonchev–Trinajstić information content (AvgIpc) is 2.59. The SMILES string of the molecule is CC1(C)CCCC1Nc1ccc(SC(F)(F)F)cc1. The lowest BCUT2D eigenvalue weighted by Gasteiger charge is -2.28. The summed E-state index contributed by atoms with van der Waals surface area (Å²) in [6.07, 6.45) is 3.51. The number of hydrogen-bond donors (Lipinski definition) is 1. The minimum absolute atomic E-state index is 0.0758. The Morgan fingerprint density at radius 1 is 1.21 bits per heavy atom. The van der Waals surface area contributed by atoms with Gasteiger partial charge in [0.2, 0.25) is 0 Å². The predicted octanol–water partition coefficient (Wildman–Crippen LogP) is 5.29. The molecule has 106 valence electrons. The lowest BCUT2D eigenvalue weighted by atomic mass is 9.87. The van der Waals surface area contributed by atoms with E-state index < -0.39 is 5.51 Å². The first kappa shape index (κ1) is 14.6. The van der Waals surface area contributed by atoms with Gasteiger partial charge in [0.1, 0.15) is 0 Å². The third kappa shape index (κ3) is 4.06. The van der Waals surface area contributed by atoms with Crippen molar-refractivity contribution >= 4 is 17.4 Å². The van der Waals surface area contributed by atoms with Crippen LogP contribution in [-0.2, 0) is 0 Å².